The van der Waals surface area contributed by atoms with Crippen molar-refractivity contribution in [1.29, 1.82) is 0 Å². The summed E-state index contributed by atoms with van der Waals surface area (Å²) in [6.45, 7) is 2.97. The molecule has 3 heterocycles. The molecule has 1 aliphatic rings. The Bertz CT molecular complexity index is 1310. The molecule has 0 unspecified atom stereocenters. The summed E-state index contributed by atoms with van der Waals surface area (Å²) >= 11 is 0. The van der Waals surface area contributed by atoms with E-state index in [4.69, 9.17) is 4.98 Å². The van der Waals surface area contributed by atoms with Crippen LogP contribution in [0.3, 0.4) is 0 Å². The van der Waals surface area contributed by atoms with E-state index in [1.807, 2.05) is 48.4 Å². The number of fused-ring (bicyclic) bond motifs is 2. The molecule has 156 valence electrons. The lowest BCUT2D eigenvalue weighted by Gasteiger charge is -2.32. The lowest BCUT2D eigenvalue weighted by molar-refractivity contribution is 0.0953. The van der Waals surface area contributed by atoms with Crippen LogP contribution in [0.4, 0.5) is 11.5 Å². The second-order valence-corrected chi connectivity index (χ2v) is 7.92. The maximum absolute atomic E-state index is 12.3. The summed E-state index contributed by atoms with van der Waals surface area (Å²) in [4.78, 5) is 23.7. The van der Waals surface area contributed by atoms with E-state index in [2.05, 4.69) is 39.4 Å². The number of para-hydroxylation sites is 1. The number of carbonyl (C=O) groups excluding carboxylic acids is 1. The molecule has 0 saturated carbocycles. The van der Waals surface area contributed by atoms with Crippen molar-refractivity contribution in [3.63, 3.8) is 0 Å². The number of nitrogens with one attached hydrogen (secondary N) is 1. The molecular weight excluding hydrogens is 388 g/mol. The molecule has 1 amide bonds. The fourth-order valence-electron chi connectivity index (χ4n) is 4.31. The summed E-state index contributed by atoms with van der Waals surface area (Å²) in [6.07, 6.45) is 5.96. The minimum Gasteiger partial charge on any atom is -0.352 e. The standard InChI is InChI=1S/C24H24N6O/c1-15-11-21-16(12-19(15)17-13-26-29(3)14-17)7-6-10-30(21)23-18-8-4-5-9-20(18)27-22(28-23)24(31)25-2/h4-5,8-9,11-14H,6-7,10H2,1-3H3,(H,25,31). The number of rotatable bonds is 3. The van der Waals surface area contributed by atoms with Crippen LogP contribution in [0, 0.1) is 6.92 Å². The van der Waals surface area contributed by atoms with Crippen LogP contribution in [-0.2, 0) is 13.5 Å². The number of aromatic nitrogens is 4. The molecule has 31 heavy (non-hydrogen) atoms. The highest BCUT2D eigenvalue weighted by molar-refractivity contribution is 5.98. The zero-order valence-corrected chi connectivity index (χ0v) is 17.9. The highest BCUT2D eigenvalue weighted by atomic mass is 16.2. The number of benzene rings is 2. The molecule has 7 heteroatoms. The van der Waals surface area contributed by atoms with Crippen LogP contribution in [0.2, 0.25) is 0 Å². The molecule has 0 saturated heterocycles. The van der Waals surface area contributed by atoms with Gasteiger partial charge in [-0.1, -0.05) is 12.1 Å². The van der Waals surface area contributed by atoms with E-state index in [-0.39, 0.29) is 11.7 Å². The van der Waals surface area contributed by atoms with E-state index >= 15 is 0 Å². The molecule has 5 rings (SSSR count). The monoisotopic (exact) mass is 412 g/mol. The van der Waals surface area contributed by atoms with Gasteiger partial charge in [-0.15, -0.1) is 0 Å². The normalized spacial score (nSPS) is 13.3. The first-order chi connectivity index (χ1) is 15.0. The van der Waals surface area contributed by atoms with Crippen LogP contribution < -0.4 is 10.2 Å². The van der Waals surface area contributed by atoms with Gasteiger partial charge in [-0.05, 0) is 60.7 Å². The van der Waals surface area contributed by atoms with Crippen molar-refractivity contribution in [3.8, 4) is 11.1 Å². The second-order valence-electron chi connectivity index (χ2n) is 7.92. The minimum absolute atomic E-state index is 0.187. The van der Waals surface area contributed by atoms with Gasteiger partial charge < -0.3 is 10.2 Å². The molecule has 0 spiro atoms. The van der Waals surface area contributed by atoms with E-state index < -0.39 is 0 Å². The van der Waals surface area contributed by atoms with E-state index in [9.17, 15) is 4.79 Å². The van der Waals surface area contributed by atoms with Crippen molar-refractivity contribution in [2.75, 3.05) is 18.5 Å². The Morgan fingerprint density at radius 2 is 2.00 bits per heavy atom. The Morgan fingerprint density at radius 1 is 1.16 bits per heavy atom. The number of aryl methyl sites for hydroxylation is 3. The van der Waals surface area contributed by atoms with E-state index in [1.165, 1.54) is 16.7 Å². The Hall–Kier alpha value is -3.74. The average Bonchev–Trinajstić information content (AvgIpc) is 3.23. The maximum Gasteiger partial charge on any atom is 0.288 e. The molecule has 0 atom stereocenters. The van der Waals surface area contributed by atoms with Crippen molar-refractivity contribution >= 4 is 28.3 Å². The van der Waals surface area contributed by atoms with Crippen molar-refractivity contribution in [2.24, 2.45) is 7.05 Å². The predicted molar refractivity (Wildman–Crippen MR) is 122 cm³/mol. The number of carbonyl (C=O) groups is 1. The number of nitrogens with zero attached hydrogens (tertiary/aromatic N) is 5. The van der Waals surface area contributed by atoms with Gasteiger partial charge in [-0.2, -0.15) is 5.10 Å². The van der Waals surface area contributed by atoms with E-state index in [1.54, 1.807) is 7.05 Å². The Balaban J connectivity index is 1.68. The summed E-state index contributed by atoms with van der Waals surface area (Å²) in [7, 11) is 3.53. The molecule has 1 aliphatic heterocycles. The van der Waals surface area contributed by atoms with Gasteiger partial charge in [-0.25, -0.2) is 9.97 Å². The first kappa shape index (κ1) is 19.2. The molecule has 2 aromatic heterocycles. The average molecular weight is 412 g/mol. The van der Waals surface area contributed by atoms with Gasteiger partial charge in [0.05, 0.1) is 11.7 Å². The quantitative estimate of drug-likeness (QED) is 0.554. The topological polar surface area (TPSA) is 75.9 Å². The smallest absolute Gasteiger partial charge is 0.288 e. The highest BCUT2D eigenvalue weighted by Crippen LogP contribution is 2.39. The second kappa shape index (κ2) is 7.50. The Morgan fingerprint density at radius 3 is 2.77 bits per heavy atom. The number of anilines is 2. The molecule has 0 bridgehead atoms. The van der Waals surface area contributed by atoms with Gasteiger partial charge in [0.1, 0.15) is 5.82 Å². The largest absolute Gasteiger partial charge is 0.352 e. The minimum atomic E-state index is -0.285. The van der Waals surface area contributed by atoms with Crippen LogP contribution >= 0.6 is 0 Å². The van der Waals surface area contributed by atoms with Gasteiger partial charge in [0.25, 0.3) is 5.91 Å². The third-order valence-electron chi connectivity index (χ3n) is 5.83. The first-order valence-electron chi connectivity index (χ1n) is 10.4. The lowest BCUT2D eigenvalue weighted by atomic mass is 9.93. The van der Waals surface area contributed by atoms with E-state index in [0.29, 0.717) is 0 Å². The summed E-state index contributed by atoms with van der Waals surface area (Å²) in [6, 6.07) is 12.4. The van der Waals surface area contributed by atoms with Crippen LogP contribution in [0.25, 0.3) is 22.0 Å². The summed E-state index contributed by atoms with van der Waals surface area (Å²) in [5, 5.41) is 7.91. The predicted octanol–water partition coefficient (Wildman–Crippen LogP) is 3.78. The fraction of sp³-hybridized carbons (Fsp3) is 0.250. The van der Waals surface area contributed by atoms with Crippen molar-refractivity contribution in [3.05, 3.63) is 65.7 Å². The van der Waals surface area contributed by atoms with Crippen molar-refractivity contribution < 1.29 is 4.79 Å². The van der Waals surface area contributed by atoms with Gasteiger partial charge in [0, 0.05) is 43.5 Å². The zero-order chi connectivity index (χ0) is 21.5. The number of hydrogen-bond acceptors (Lipinski definition) is 5. The van der Waals surface area contributed by atoms with E-state index in [0.717, 1.165) is 47.4 Å². The number of hydrogen-bond donors (Lipinski definition) is 1. The first-order valence-corrected chi connectivity index (χ1v) is 10.4. The van der Waals surface area contributed by atoms with Gasteiger partial charge in [-0.3, -0.25) is 9.48 Å². The van der Waals surface area contributed by atoms with Crippen LogP contribution in [0.15, 0.2) is 48.8 Å². The molecule has 7 nitrogen and oxygen atoms in total. The Kier molecular flexibility index (Phi) is 4.66. The molecular formula is C24H24N6O. The molecule has 2 aromatic carbocycles. The zero-order valence-electron chi connectivity index (χ0n) is 17.9. The van der Waals surface area contributed by atoms with Crippen molar-refractivity contribution in [2.45, 2.75) is 19.8 Å². The SMILES string of the molecule is CNC(=O)c1nc(N2CCCc3cc(-c4cnn(C)c4)c(C)cc32)c2ccccc2n1. The molecule has 0 fully saturated rings. The maximum atomic E-state index is 12.3. The van der Waals surface area contributed by atoms with Crippen molar-refractivity contribution in [1.82, 2.24) is 25.1 Å². The molecule has 0 radical (unpaired) electrons. The Labute approximate surface area is 180 Å². The third kappa shape index (κ3) is 3.32. The molecule has 1 N–H and O–H groups in total. The molecule has 4 aromatic rings. The molecule has 0 aliphatic carbocycles. The van der Waals surface area contributed by atoms with Gasteiger partial charge >= 0.3 is 0 Å². The third-order valence-corrected chi connectivity index (χ3v) is 5.83. The van der Waals surface area contributed by atoms with Gasteiger partial charge in [0.2, 0.25) is 5.82 Å². The summed E-state index contributed by atoms with van der Waals surface area (Å²) in [5.74, 6) is 0.679. The van der Waals surface area contributed by atoms with Gasteiger partial charge in [0.15, 0.2) is 0 Å². The summed E-state index contributed by atoms with van der Waals surface area (Å²) in [5.41, 5.74) is 6.69. The fourth-order valence-corrected chi connectivity index (χ4v) is 4.31. The van der Waals surface area contributed by atoms with Crippen LogP contribution in [0.5, 0.6) is 0 Å². The highest BCUT2D eigenvalue weighted by Gasteiger charge is 2.24. The van der Waals surface area contributed by atoms with Crippen LogP contribution in [0.1, 0.15) is 28.2 Å². The summed E-state index contributed by atoms with van der Waals surface area (Å²) < 4.78 is 1.83. The lowest BCUT2D eigenvalue weighted by Crippen LogP contribution is -2.28. The number of amides is 1. The van der Waals surface area contributed by atoms with Crippen LogP contribution in [-0.4, -0.2) is 39.2 Å².